The summed E-state index contributed by atoms with van der Waals surface area (Å²) in [7, 11) is 0. The van der Waals surface area contributed by atoms with Crippen LogP contribution in [0.25, 0.3) is 10.9 Å². The molecule has 1 N–H and O–H groups in total. The van der Waals surface area contributed by atoms with E-state index in [9.17, 15) is 4.79 Å². The predicted molar refractivity (Wildman–Crippen MR) is 100 cm³/mol. The van der Waals surface area contributed by atoms with Crippen molar-refractivity contribution in [2.45, 2.75) is 32.2 Å². The van der Waals surface area contributed by atoms with Crippen LogP contribution in [0, 0.1) is 6.92 Å². The number of benzene rings is 1. The smallest absolute Gasteiger partial charge is 0.307 e. The molecule has 0 spiro atoms. The standard InChI is InChI=1S/C19H23N3OS/c1-14-13-24-19(23)22(14)11-10-21-8-6-15(7-9-21)17-12-20-18-5-3-2-4-16(17)18/h2-5,12-13,15,20H,6-11H2,1H3. The number of rotatable bonds is 4. The highest BCUT2D eigenvalue weighted by Gasteiger charge is 2.22. The van der Waals surface area contributed by atoms with Crippen LogP contribution in [0.4, 0.5) is 0 Å². The van der Waals surface area contributed by atoms with Gasteiger partial charge < -0.3 is 14.5 Å². The van der Waals surface area contributed by atoms with Gasteiger partial charge in [-0.15, -0.1) is 0 Å². The second kappa shape index (κ2) is 6.57. The summed E-state index contributed by atoms with van der Waals surface area (Å²) in [4.78, 5) is 17.9. The van der Waals surface area contributed by atoms with Crippen LogP contribution in [0.15, 0.2) is 40.6 Å². The molecule has 1 saturated heterocycles. The van der Waals surface area contributed by atoms with Crippen LogP contribution in [0.2, 0.25) is 0 Å². The largest absolute Gasteiger partial charge is 0.361 e. The van der Waals surface area contributed by atoms with Gasteiger partial charge in [0.15, 0.2) is 0 Å². The first-order valence-electron chi connectivity index (χ1n) is 8.65. The molecule has 3 heterocycles. The number of aromatic nitrogens is 2. The fraction of sp³-hybridized carbons (Fsp3) is 0.421. The molecular formula is C19H23N3OS. The van der Waals surface area contributed by atoms with Gasteiger partial charge in [-0.2, -0.15) is 0 Å². The van der Waals surface area contributed by atoms with Crippen LogP contribution in [-0.2, 0) is 6.54 Å². The van der Waals surface area contributed by atoms with Crippen LogP contribution < -0.4 is 4.87 Å². The Labute approximate surface area is 145 Å². The molecule has 0 bridgehead atoms. The van der Waals surface area contributed by atoms with E-state index in [4.69, 9.17) is 0 Å². The highest BCUT2D eigenvalue weighted by Crippen LogP contribution is 2.32. The van der Waals surface area contributed by atoms with Crippen molar-refractivity contribution in [3.05, 3.63) is 56.8 Å². The van der Waals surface area contributed by atoms with Crippen molar-refractivity contribution in [3.63, 3.8) is 0 Å². The minimum Gasteiger partial charge on any atom is -0.361 e. The maximum absolute atomic E-state index is 11.8. The molecule has 0 amide bonds. The topological polar surface area (TPSA) is 41.0 Å². The number of nitrogens with one attached hydrogen (secondary N) is 1. The summed E-state index contributed by atoms with van der Waals surface area (Å²) >= 11 is 1.30. The van der Waals surface area contributed by atoms with E-state index in [1.165, 1.54) is 40.6 Å². The first-order chi connectivity index (χ1) is 11.7. The van der Waals surface area contributed by atoms with Crippen molar-refractivity contribution in [1.29, 1.82) is 0 Å². The molecule has 1 aromatic carbocycles. The number of nitrogens with zero attached hydrogens (tertiary/aromatic N) is 2. The molecule has 0 aliphatic carbocycles. The molecule has 0 unspecified atom stereocenters. The van der Waals surface area contributed by atoms with Gasteiger partial charge in [0.2, 0.25) is 0 Å². The zero-order chi connectivity index (χ0) is 16.5. The van der Waals surface area contributed by atoms with E-state index in [0.29, 0.717) is 5.92 Å². The lowest BCUT2D eigenvalue weighted by Crippen LogP contribution is -2.36. The van der Waals surface area contributed by atoms with Gasteiger partial charge in [0.1, 0.15) is 0 Å². The Morgan fingerprint density at radius 2 is 2.00 bits per heavy atom. The number of aromatic amines is 1. The van der Waals surface area contributed by atoms with E-state index in [1.54, 1.807) is 0 Å². The van der Waals surface area contributed by atoms with Gasteiger partial charge in [0.05, 0.1) is 0 Å². The minimum atomic E-state index is 0.168. The Morgan fingerprint density at radius 3 is 2.75 bits per heavy atom. The number of thiazole rings is 1. The predicted octanol–water partition coefficient (Wildman–Crippen LogP) is 3.58. The van der Waals surface area contributed by atoms with Gasteiger partial charge in [-0.05, 0) is 50.4 Å². The number of H-pyrrole nitrogens is 1. The normalized spacial score (nSPS) is 16.9. The average Bonchev–Trinajstić information content (AvgIpc) is 3.18. The zero-order valence-electron chi connectivity index (χ0n) is 14.0. The monoisotopic (exact) mass is 341 g/mol. The minimum absolute atomic E-state index is 0.168. The fourth-order valence-electron chi connectivity index (χ4n) is 3.82. The fourth-order valence-corrected chi connectivity index (χ4v) is 4.58. The maximum Gasteiger partial charge on any atom is 0.307 e. The lowest BCUT2D eigenvalue weighted by Gasteiger charge is -2.32. The Bertz CT molecular complexity index is 883. The SMILES string of the molecule is Cc1csc(=O)n1CCN1CCC(c2c[nH]c3ccccc23)CC1. The van der Waals surface area contributed by atoms with Crippen molar-refractivity contribution in [2.75, 3.05) is 19.6 Å². The number of hydrogen-bond acceptors (Lipinski definition) is 3. The number of aryl methyl sites for hydroxylation is 1. The lowest BCUT2D eigenvalue weighted by atomic mass is 9.89. The van der Waals surface area contributed by atoms with E-state index in [1.807, 2.05) is 16.9 Å². The molecule has 1 aliphatic heterocycles. The molecule has 5 heteroatoms. The van der Waals surface area contributed by atoms with E-state index in [2.05, 4.69) is 40.3 Å². The Morgan fingerprint density at radius 1 is 1.21 bits per heavy atom. The van der Waals surface area contributed by atoms with Crippen LogP contribution in [0.1, 0.15) is 30.0 Å². The van der Waals surface area contributed by atoms with E-state index >= 15 is 0 Å². The van der Waals surface area contributed by atoms with Crippen molar-refractivity contribution < 1.29 is 0 Å². The second-order valence-corrected chi connectivity index (χ2v) is 7.52. The summed E-state index contributed by atoms with van der Waals surface area (Å²) < 4.78 is 1.90. The number of piperidine rings is 1. The molecule has 0 saturated carbocycles. The van der Waals surface area contributed by atoms with Gasteiger partial charge in [-0.1, -0.05) is 29.5 Å². The highest BCUT2D eigenvalue weighted by molar-refractivity contribution is 7.07. The van der Waals surface area contributed by atoms with E-state index in [-0.39, 0.29) is 4.87 Å². The van der Waals surface area contributed by atoms with Crippen LogP contribution in [0.5, 0.6) is 0 Å². The summed E-state index contributed by atoms with van der Waals surface area (Å²) in [5.41, 5.74) is 3.79. The molecule has 24 heavy (non-hydrogen) atoms. The number of likely N-dealkylation sites (tertiary alicyclic amines) is 1. The van der Waals surface area contributed by atoms with Crippen molar-refractivity contribution in [3.8, 4) is 0 Å². The third kappa shape index (κ3) is 2.94. The second-order valence-electron chi connectivity index (χ2n) is 6.70. The van der Waals surface area contributed by atoms with Crippen molar-refractivity contribution >= 4 is 22.2 Å². The van der Waals surface area contributed by atoms with Crippen molar-refractivity contribution in [1.82, 2.24) is 14.5 Å². The molecule has 126 valence electrons. The van der Waals surface area contributed by atoms with Crippen molar-refractivity contribution in [2.24, 2.45) is 0 Å². The van der Waals surface area contributed by atoms with Crippen LogP contribution in [-0.4, -0.2) is 34.1 Å². The molecule has 1 aliphatic rings. The molecule has 0 radical (unpaired) electrons. The van der Waals surface area contributed by atoms with Gasteiger partial charge in [0.25, 0.3) is 0 Å². The van der Waals surface area contributed by atoms with Crippen LogP contribution >= 0.6 is 11.3 Å². The van der Waals surface area contributed by atoms with Gasteiger partial charge in [0, 0.05) is 41.3 Å². The van der Waals surface area contributed by atoms with Crippen LogP contribution in [0.3, 0.4) is 0 Å². The Balaban J connectivity index is 1.38. The Hall–Kier alpha value is -1.85. The summed E-state index contributed by atoms with van der Waals surface area (Å²) in [6.45, 7) is 6.02. The van der Waals surface area contributed by atoms with Gasteiger partial charge in [-0.3, -0.25) is 4.79 Å². The third-order valence-electron chi connectivity index (χ3n) is 5.26. The molecule has 4 nitrogen and oxygen atoms in total. The zero-order valence-corrected chi connectivity index (χ0v) is 14.8. The average molecular weight is 341 g/mol. The summed E-state index contributed by atoms with van der Waals surface area (Å²) in [5.74, 6) is 0.642. The molecule has 2 aromatic heterocycles. The number of para-hydroxylation sites is 1. The third-order valence-corrected chi connectivity index (χ3v) is 6.15. The Kier molecular flexibility index (Phi) is 4.29. The molecule has 0 atom stereocenters. The number of fused-ring (bicyclic) bond motifs is 1. The van der Waals surface area contributed by atoms with Gasteiger partial charge in [-0.25, -0.2) is 0 Å². The number of hydrogen-bond donors (Lipinski definition) is 1. The quantitative estimate of drug-likeness (QED) is 0.788. The highest BCUT2D eigenvalue weighted by atomic mass is 32.1. The van der Waals surface area contributed by atoms with Gasteiger partial charge >= 0.3 is 4.87 Å². The molecule has 3 aromatic rings. The lowest BCUT2D eigenvalue weighted by molar-refractivity contribution is 0.205. The summed E-state index contributed by atoms with van der Waals surface area (Å²) in [6, 6.07) is 8.57. The summed E-state index contributed by atoms with van der Waals surface area (Å²) in [5, 5.41) is 3.32. The first-order valence-corrected chi connectivity index (χ1v) is 9.53. The molecule has 4 rings (SSSR count). The molecular weight excluding hydrogens is 318 g/mol. The first kappa shape index (κ1) is 15.7. The molecule has 1 fully saturated rings. The van der Waals surface area contributed by atoms with E-state index < -0.39 is 0 Å². The summed E-state index contributed by atoms with van der Waals surface area (Å²) in [6.07, 6.45) is 4.58. The maximum atomic E-state index is 11.8. The van der Waals surface area contributed by atoms with E-state index in [0.717, 1.165) is 31.9 Å².